The van der Waals surface area contributed by atoms with Crippen LogP contribution in [0.1, 0.15) is 20.8 Å². The molecule has 0 saturated carbocycles. The van der Waals surface area contributed by atoms with Crippen molar-refractivity contribution in [2.24, 2.45) is 0 Å². The van der Waals surface area contributed by atoms with Crippen molar-refractivity contribution in [1.82, 2.24) is 5.32 Å². The van der Waals surface area contributed by atoms with Gasteiger partial charge in [0.15, 0.2) is 0 Å². The van der Waals surface area contributed by atoms with Crippen LogP contribution >= 0.6 is 27.3 Å². The van der Waals surface area contributed by atoms with E-state index in [1.54, 1.807) is 0 Å². The first-order valence-electron chi connectivity index (χ1n) is 6.01. The fourth-order valence-electron chi connectivity index (χ4n) is 1.61. The van der Waals surface area contributed by atoms with Crippen molar-refractivity contribution in [2.45, 2.75) is 6.54 Å². The molecule has 0 atom stereocenters. The predicted molar refractivity (Wildman–Crippen MR) is 83.6 cm³/mol. The molecule has 1 heterocycles. The Labute approximate surface area is 133 Å². The van der Waals surface area contributed by atoms with Crippen LogP contribution in [0.25, 0.3) is 0 Å². The summed E-state index contributed by atoms with van der Waals surface area (Å²) in [6, 6.07) is 5.97. The summed E-state index contributed by atoms with van der Waals surface area (Å²) in [6.45, 7) is 0.0438. The van der Waals surface area contributed by atoms with Crippen LogP contribution in [0.3, 0.4) is 0 Å². The highest BCUT2D eigenvalue weighted by atomic mass is 79.9. The van der Waals surface area contributed by atoms with E-state index < -0.39 is 5.82 Å². The van der Waals surface area contributed by atoms with Crippen molar-refractivity contribution in [3.63, 3.8) is 0 Å². The summed E-state index contributed by atoms with van der Waals surface area (Å²) in [4.78, 5) is 13.0. The Balaban J connectivity index is 2.06. The zero-order chi connectivity index (χ0) is 15.2. The second-order valence-corrected chi connectivity index (χ2v) is 5.88. The first-order valence-corrected chi connectivity index (χ1v) is 7.68. The summed E-state index contributed by atoms with van der Waals surface area (Å²) in [7, 11) is 0. The summed E-state index contributed by atoms with van der Waals surface area (Å²) < 4.78 is 14.7. The van der Waals surface area contributed by atoms with Gasteiger partial charge in [0.05, 0.1) is 12.1 Å². The molecule has 2 N–H and O–H groups in total. The standard InChI is InChI=1S/C15H11BrFNO2S/c16-12-5-7-21-14(12)9-18-15(20)11-4-3-10(2-1-6-19)13(17)8-11/h3-5,7-8,19H,6,9H2,(H,18,20). The molecule has 0 aliphatic heterocycles. The molecule has 0 radical (unpaired) electrons. The van der Waals surface area contributed by atoms with Gasteiger partial charge < -0.3 is 10.4 Å². The van der Waals surface area contributed by atoms with E-state index in [0.717, 1.165) is 15.4 Å². The number of rotatable bonds is 3. The van der Waals surface area contributed by atoms with Gasteiger partial charge in [-0.3, -0.25) is 4.79 Å². The number of amides is 1. The molecule has 0 bridgehead atoms. The molecule has 21 heavy (non-hydrogen) atoms. The number of halogens is 2. The monoisotopic (exact) mass is 367 g/mol. The summed E-state index contributed by atoms with van der Waals surface area (Å²) in [5, 5.41) is 13.2. The summed E-state index contributed by atoms with van der Waals surface area (Å²) >= 11 is 4.91. The summed E-state index contributed by atoms with van der Waals surface area (Å²) in [5.41, 5.74) is 0.385. The topological polar surface area (TPSA) is 49.3 Å². The van der Waals surface area contributed by atoms with Gasteiger partial charge in [0.2, 0.25) is 0 Å². The number of carbonyl (C=O) groups excluding carboxylic acids is 1. The highest BCUT2D eigenvalue weighted by Crippen LogP contribution is 2.22. The lowest BCUT2D eigenvalue weighted by Crippen LogP contribution is -2.22. The molecule has 0 aliphatic carbocycles. The van der Waals surface area contributed by atoms with Crippen LogP contribution in [0.2, 0.25) is 0 Å². The largest absolute Gasteiger partial charge is 0.384 e. The van der Waals surface area contributed by atoms with Crippen LogP contribution in [0, 0.1) is 17.7 Å². The Morgan fingerprint density at radius 1 is 1.43 bits per heavy atom. The van der Waals surface area contributed by atoms with E-state index in [9.17, 15) is 9.18 Å². The number of benzene rings is 1. The molecule has 0 unspecified atom stereocenters. The van der Waals surface area contributed by atoms with E-state index in [2.05, 4.69) is 33.1 Å². The molecule has 3 nitrogen and oxygen atoms in total. The zero-order valence-corrected chi connectivity index (χ0v) is 13.2. The zero-order valence-electron chi connectivity index (χ0n) is 10.8. The van der Waals surface area contributed by atoms with Crippen molar-refractivity contribution >= 4 is 33.2 Å². The molecular formula is C15H11BrFNO2S. The normalized spacial score (nSPS) is 9.86. The lowest BCUT2D eigenvalue weighted by molar-refractivity contribution is 0.0951. The van der Waals surface area contributed by atoms with E-state index >= 15 is 0 Å². The van der Waals surface area contributed by atoms with Gasteiger partial charge in [-0.15, -0.1) is 11.3 Å². The minimum absolute atomic E-state index is 0.154. The molecule has 108 valence electrons. The lowest BCUT2D eigenvalue weighted by Gasteiger charge is -2.05. The molecule has 6 heteroatoms. The number of aliphatic hydroxyl groups is 1. The third-order valence-electron chi connectivity index (χ3n) is 2.63. The summed E-state index contributed by atoms with van der Waals surface area (Å²) in [6.07, 6.45) is 0. The van der Waals surface area contributed by atoms with Gasteiger partial charge in [0.1, 0.15) is 12.4 Å². The smallest absolute Gasteiger partial charge is 0.251 e. The van der Waals surface area contributed by atoms with Gasteiger partial charge in [0.25, 0.3) is 5.91 Å². The quantitative estimate of drug-likeness (QED) is 0.819. The third kappa shape index (κ3) is 4.14. The Kier molecular flexibility index (Phi) is 5.51. The van der Waals surface area contributed by atoms with E-state index in [1.807, 2.05) is 11.4 Å². The fraction of sp³-hybridized carbons (Fsp3) is 0.133. The fourth-order valence-corrected chi connectivity index (χ4v) is 3.04. The van der Waals surface area contributed by atoms with Crippen LogP contribution in [0.4, 0.5) is 4.39 Å². The number of nitrogens with one attached hydrogen (secondary N) is 1. The first-order chi connectivity index (χ1) is 10.1. The number of carbonyl (C=O) groups is 1. The highest BCUT2D eigenvalue weighted by Gasteiger charge is 2.10. The van der Waals surface area contributed by atoms with Gasteiger partial charge in [-0.25, -0.2) is 4.39 Å². The molecule has 0 aliphatic rings. The molecule has 0 fully saturated rings. The second kappa shape index (κ2) is 7.36. The molecule has 2 rings (SSSR count). The van der Waals surface area contributed by atoms with Crippen molar-refractivity contribution in [2.75, 3.05) is 6.61 Å². The van der Waals surface area contributed by atoms with E-state index in [1.165, 1.54) is 23.5 Å². The number of thiophene rings is 1. The molecule has 1 aromatic heterocycles. The maximum Gasteiger partial charge on any atom is 0.251 e. The van der Waals surface area contributed by atoms with Gasteiger partial charge in [0, 0.05) is 14.9 Å². The molecule has 2 aromatic rings. The lowest BCUT2D eigenvalue weighted by atomic mass is 10.1. The molecular weight excluding hydrogens is 357 g/mol. The number of aliphatic hydroxyl groups excluding tert-OH is 1. The Hall–Kier alpha value is -1.68. The predicted octanol–water partition coefficient (Wildman–Crippen LogP) is 2.92. The van der Waals surface area contributed by atoms with Gasteiger partial charge >= 0.3 is 0 Å². The van der Waals surface area contributed by atoms with Crippen LogP contribution in [0.15, 0.2) is 34.1 Å². The Bertz CT molecular complexity index is 718. The molecule has 0 spiro atoms. The third-order valence-corrected chi connectivity index (χ3v) is 4.56. The molecule has 1 amide bonds. The van der Waals surface area contributed by atoms with Crippen molar-refractivity contribution < 1.29 is 14.3 Å². The summed E-state index contributed by atoms with van der Waals surface area (Å²) in [5.74, 6) is 3.91. The van der Waals surface area contributed by atoms with E-state index in [4.69, 9.17) is 5.11 Å². The van der Waals surface area contributed by atoms with Crippen LogP contribution in [0.5, 0.6) is 0 Å². The maximum absolute atomic E-state index is 13.7. The average molecular weight is 368 g/mol. The Morgan fingerprint density at radius 2 is 2.24 bits per heavy atom. The minimum Gasteiger partial charge on any atom is -0.384 e. The van der Waals surface area contributed by atoms with Crippen molar-refractivity contribution in [3.05, 3.63) is 55.9 Å². The van der Waals surface area contributed by atoms with Crippen LogP contribution < -0.4 is 5.32 Å². The van der Waals surface area contributed by atoms with Gasteiger partial charge in [-0.05, 0) is 45.6 Å². The second-order valence-electron chi connectivity index (χ2n) is 4.03. The molecule has 0 saturated heterocycles. The first kappa shape index (κ1) is 15.7. The van der Waals surface area contributed by atoms with Crippen LogP contribution in [-0.4, -0.2) is 17.6 Å². The molecule has 1 aromatic carbocycles. The van der Waals surface area contributed by atoms with E-state index in [-0.39, 0.29) is 23.6 Å². The minimum atomic E-state index is -0.582. The Morgan fingerprint density at radius 3 is 2.86 bits per heavy atom. The highest BCUT2D eigenvalue weighted by molar-refractivity contribution is 9.10. The van der Waals surface area contributed by atoms with Gasteiger partial charge in [-0.1, -0.05) is 11.8 Å². The van der Waals surface area contributed by atoms with Crippen LogP contribution in [-0.2, 0) is 6.54 Å². The average Bonchev–Trinajstić information content (AvgIpc) is 2.88. The SMILES string of the molecule is O=C(NCc1sccc1Br)c1ccc(C#CCO)c(F)c1. The van der Waals surface area contributed by atoms with Gasteiger partial charge in [-0.2, -0.15) is 0 Å². The van der Waals surface area contributed by atoms with Crippen molar-refractivity contribution in [3.8, 4) is 11.8 Å². The number of hydrogen-bond acceptors (Lipinski definition) is 3. The van der Waals surface area contributed by atoms with E-state index in [0.29, 0.717) is 6.54 Å². The maximum atomic E-state index is 13.7. The number of hydrogen-bond donors (Lipinski definition) is 2. The van der Waals surface area contributed by atoms with Crippen molar-refractivity contribution in [1.29, 1.82) is 0 Å².